The molecule has 6 nitrogen and oxygen atoms in total. The molecule has 0 aliphatic rings. The van der Waals surface area contributed by atoms with Gasteiger partial charge in [0.05, 0.1) is 10.6 Å². The predicted octanol–water partition coefficient (Wildman–Crippen LogP) is 2.09. The van der Waals surface area contributed by atoms with E-state index >= 15 is 0 Å². The first-order valence-electron chi connectivity index (χ1n) is 4.96. The molecule has 0 amide bonds. The molecule has 0 aliphatic heterocycles. The van der Waals surface area contributed by atoms with Crippen LogP contribution < -0.4 is 5.32 Å². The van der Waals surface area contributed by atoms with E-state index < -0.39 is 4.92 Å². The van der Waals surface area contributed by atoms with Crippen molar-refractivity contribution in [2.75, 3.05) is 12.4 Å². The molecule has 0 saturated carbocycles. The zero-order valence-electron chi connectivity index (χ0n) is 9.12. The second kappa shape index (κ2) is 4.56. The number of hydrogen-bond donors (Lipinski definition) is 1. The molecule has 17 heavy (non-hydrogen) atoms. The molecule has 6 heteroatoms. The maximum absolute atomic E-state index is 10.7. The average Bonchev–Trinajstić information content (AvgIpc) is 2.39. The lowest BCUT2D eigenvalue weighted by atomic mass is 10.2. The van der Waals surface area contributed by atoms with Gasteiger partial charge in [-0.25, -0.2) is 4.98 Å². The third-order valence-electron chi connectivity index (χ3n) is 2.28. The fraction of sp³-hybridized carbons (Fsp3) is 0.0909. The first-order chi connectivity index (χ1) is 8.22. The highest BCUT2D eigenvalue weighted by Gasteiger charge is 2.14. The number of aromatic nitrogens is 2. The van der Waals surface area contributed by atoms with E-state index in [9.17, 15) is 10.1 Å². The summed E-state index contributed by atoms with van der Waals surface area (Å²) in [6.07, 6.45) is 3.30. The van der Waals surface area contributed by atoms with E-state index in [1.54, 1.807) is 37.6 Å². The van der Waals surface area contributed by atoms with E-state index in [4.69, 9.17) is 0 Å². The Morgan fingerprint density at radius 2 is 1.94 bits per heavy atom. The Balaban J connectivity index is 2.49. The summed E-state index contributed by atoms with van der Waals surface area (Å²) >= 11 is 0. The van der Waals surface area contributed by atoms with Gasteiger partial charge in [0.1, 0.15) is 0 Å². The Morgan fingerprint density at radius 1 is 1.24 bits per heavy atom. The van der Waals surface area contributed by atoms with Crippen LogP contribution in [0.1, 0.15) is 0 Å². The van der Waals surface area contributed by atoms with Crippen molar-refractivity contribution in [3.63, 3.8) is 0 Å². The molecule has 0 unspecified atom stereocenters. The third kappa shape index (κ3) is 2.20. The molecule has 2 aromatic heterocycles. The second-order valence-electron chi connectivity index (χ2n) is 3.31. The topological polar surface area (TPSA) is 81.0 Å². The molecule has 0 fully saturated rings. The highest BCUT2D eigenvalue weighted by molar-refractivity contribution is 5.66. The predicted molar refractivity (Wildman–Crippen MR) is 63.7 cm³/mol. The molecule has 0 spiro atoms. The van der Waals surface area contributed by atoms with Gasteiger partial charge in [-0.15, -0.1) is 0 Å². The van der Waals surface area contributed by atoms with Crippen LogP contribution in [0.4, 0.5) is 11.5 Å². The van der Waals surface area contributed by atoms with Gasteiger partial charge in [-0.05, 0) is 18.2 Å². The summed E-state index contributed by atoms with van der Waals surface area (Å²) in [5.41, 5.74) is 1.50. The SMILES string of the molecule is CNc1nc(-c2ccncc2)ccc1[N+](=O)[O-]. The van der Waals surface area contributed by atoms with E-state index in [1.165, 1.54) is 6.07 Å². The van der Waals surface area contributed by atoms with Crippen molar-refractivity contribution in [1.82, 2.24) is 9.97 Å². The highest BCUT2D eigenvalue weighted by atomic mass is 16.6. The van der Waals surface area contributed by atoms with Crippen molar-refractivity contribution in [2.24, 2.45) is 0 Å². The van der Waals surface area contributed by atoms with Gasteiger partial charge < -0.3 is 5.32 Å². The molecule has 2 rings (SSSR count). The summed E-state index contributed by atoms with van der Waals surface area (Å²) in [6, 6.07) is 6.66. The maximum Gasteiger partial charge on any atom is 0.311 e. The van der Waals surface area contributed by atoms with Gasteiger partial charge >= 0.3 is 5.69 Å². The van der Waals surface area contributed by atoms with Crippen LogP contribution in [0.25, 0.3) is 11.3 Å². The lowest BCUT2D eigenvalue weighted by molar-refractivity contribution is -0.384. The minimum Gasteiger partial charge on any atom is -0.367 e. The minimum atomic E-state index is -0.463. The molecule has 0 aromatic carbocycles. The van der Waals surface area contributed by atoms with E-state index in [1.807, 2.05) is 0 Å². The van der Waals surface area contributed by atoms with Gasteiger partial charge in [-0.3, -0.25) is 15.1 Å². The lowest BCUT2D eigenvalue weighted by Crippen LogP contribution is -2.00. The number of nitro groups is 1. The van der Waals surface area contributed by atoms with Crippen molar-refractivity contribution < 1.29 is 4.92 Å². The van der Waals surface area contributed by atoms with E-state index in [-0.39, 0.29) is 11.5 Å². The first kappa shape index (κ1) is 11.0. The number of pyridine rings is 2. The number of nitrogens with zero attached hydrogens (tertiary/aromatic N) is 3. The largest absolute Gasteiger partial charge is 0.367 e. The normalized spacial score (nSPS) is 9.94. The summed E-state index contributed by atoms with van der Waals surface area (Å²) in [7, 11) is 1.60. The first-order valence-corrected chi connectivity index (χ1v) is 4.96. The Hall–Kier alpha value is -2.50. The van der Waals surface area contributed by atoms with Crippen LogP contribution in [0.3, 0.4) is 0 Å². The summed E-state index contributed by atoms with van der Waals surface area (Å²) in [5, 5.41) is 13.5. The molecule has 1 N–H and O–H groups in total. The number of rotatable bonds is 3. The van der Waals surface area contributed by atoms with Crippen molar-refractivity contribution >= 4 is 11.5 Å². The Kier molecular flexibility index (Phi) is 2.95. The molecular formula is C11H10N4O2. The smallest absolute Gasteiger partial charge is 0.311 e. The molecular weight excluding hydrogens is 220 g/mol. The van der Waals surface area contributed by atoms with Gasteiger partial charge in [-0.2, -0.15) is 0 Å². The molecule has 2 aromatic rings. The number of hydrogen-bond acceptors (Lipinski definition) is 5. The van der Waals surface area contributed by atoms with E-state index in [0.29, 0.717) is 5.69 Å². The van der Waals surface area contributed by atoms with Crippen molar-refractivity contribution in [2.45, 2.75) is 0 Å². The van der Waals surface area contributed by atoms with Crippen LogP contribution in [0.5, 0.6) is 0 Å². The molecule has 0 atom stereocenters. The molecule has 0 radical (unpaired) electrons. The zero-order chi connectivity index (χ0) is 12.3. The third-order valence-corrected chi connectivity index (χ3v) is 2.28. The molecule has 86 valence electrons. The van der Waals surface area contributed by atoms with Crippen LogP contribution in [0.2, 0.25) is 0 Å². The van der Waals surface area contributed by atoms with Crippen molar-refractivity contribution in [3.05, 3.63) is 46.8 Å². The van der Waals surface area contributed by atoms with Gasteiger partial charge in [-0.1, -0.05) is 0 Å². The average molecular weight is 230 g/mol. The van der Waals surface area contributed by atoms with Gasteiger partial charge in [0.25, 0.3) is 0 Å². The maximum atomic E-state index is 10.7. The number of anilines is 1. The Labute approximate surface area is 97.5 Å². The van der Waals surface area contributed by atoms with E-state index in [0.717, 1.165) is 5.56 Å². The molecule has 0 bridgehead atoms. The number of nitrogens with one attached hydrogen (secondary N) is 1. The molecule has 2 heterocycles. The summed E-state index contributed by atoms with van der Waals surface area (Å²) in [6.45, 7) is 0. The summed E-state index contributed by atoms with van der Waals surface area (Å²) < 4.78 is 0. The van der Waals surface area contributed by atoms with Crippen LogP contribution in [0, 0.1) is 10.1 Å². The van der Waals surface area contributed by atoms with Crippen LogP contribution in [-0.4, -0.2) is 21.9 Å². The van der Waals surface area contributed by atoms with Gasteiger partial charge in [0.2, 0.25) is 5.82 Å². The van der Waals surface area contributed by atoms with Gasteiger partial charge in [0.15, 0.2) is 0 Å². The summed E-state index contributed by atoms with van der Waals surface area (Å²) in [4.78, 5) is 18.4. The van der Waals surface area contributed by atoms with Crippen molar-refractivity contribution in [3.8, 4) is 11.3 Å². The van der Waals surface area contributed by atoms with Crippen LogP contribution >= 0.6 is 0 Å². The van der Waals surface area contributed by atoms with Gasteiger partial charge in [0, 0.05) is 31.1 Å². The minimum absolute atomic E-state index is 0.0368. The quantitative estimate of drug-likeness (QED) is 0.645. The zero-order valence-corrected chi connectivity index (χ0v) is 9.12. The Morgan fingerprint density at radius 3 is 2.53 bits per heavy atom. The molecule has 0 aliphatic carbocycles. The molecule has 0 saturated heterocycles. The standard InChI is InChI=1S/C11H10N4O2/c1-12-11-10(15(16)17)3-2-9(14-11)8-4-6-13-7-5-8/h2-7H,1H3,(H,12,14). The fourth-order valence-electron chi connectivity index (χ4n) is 1.47. The van der Waals surface area contributed by atoms with Crippen LogP contribution in [-0.2, 0) is 0 Å². The van der Waals surface area contributed by atoms with Crippen molar-refractivity contribution in [1.29, 1.82) is 0 Å². The lowest BCUT2D eigenvalue weighted by Gasteiger charge is -2.04. The second-order valence-corrected chi connectivity index (χ2v) is 3.31. The summed E-state index contributed by atoms with van der Waals surface area (Å²) in [5.74, 6) is 0.254. The fourth-order valence-corrected chi connectivity index (χ4v) is 1.47. The monoisotopic (exact) mass is 230 g/mol. The van der Waals surface area contributed by atoms with Crippen LogP contribution in [0.15, 0.2) is 36.7 Å². The highest BCUT2D eigenvalue weighted by Crippen LogP contribution is 2.25. The van der Waals surface area contributed by atoms with E-state index in [2.05, 4.69) is 15.3 Å². The Bertz CT molecular complexity index is 542.